The summed E-state index contributed by atoms with van der Waals surface area (Å²) < 4.78 is 33.0. The maximum atomic E-state index is 13.9. The van der Waals surface area contributed by atoms with Gasteiger partial charge in [0.1, 0.15) is 17.4 Å². The first kappa shape index (κ1) is 22.9. The van der Waals surface area contributed by atoms with Gasteiger partial charge in [0.05, 0.1) is 17.7 Å². The molecule has 0 bridgehead atoms. The predicted molar refractivity (Wildman–Crippen MR) is 127 cm³/mol. The van der Waals surface area contributed by atoms with Gasteiger partial charge in [0.2, 0.25) is 0 Å². The highest BCUT2D eigenvalue weighted by Gasteiger charge is 2.28. The van der Waals surface area contributed by atoms with Crippen molar-refractivity contribution in [2.45, 2.75) is 31.6 Å². The summed E-state index contributed by atoms with van der Waals surface area (Å²) in [6, 6.07) is 16.5. The third-order valence-corrected chi connectivity index (χ3v) is 6.32. The lowest BCUT2D eigenvalue weighted by Crippen LogP contribution is -2.39. The first-order valence-electron chi connectivity index (χ1n) is 11.7. The lowest BCUT2D eigenvalue weighted by molar-refractivity contribution is 0.0697. The zero-order valence-corrected chi connectivity index (χ0v) is 19.2. The second-order valence-corrected chi connectivity index (χ2v) is 8.86. The Labute approximate surface area is 202 Å². The Hall–Kier alpha value is -3.87. The molecule has 1 atom stereocenters. The zero-order chi connectivity index (χ0) is 24.2. The number of hydrogen-bond donors (Lipinski definition) is 0. The SMILES string of the molecule is O=C(c1ccc(Cc2ccccc2F)nc1)N1CCCC(c2ncc(Cc3ccc(F)cc3)o2)C1. The number of aromatic nitrogens is 2. The average Bonchev–Trinajstić information content (AvgIpc) is 3.35. The summed E-state index contributed by atoms with van der Waals surface area (Å²) in [7, 11) is 0. The summed E-state index contributed by atoms with van der Waals surface area (Å²) in [5, 5.41) is 0. The van der Waals surface area contributed by atoms with Gasteiger partial charge in [-0.2, -0.15) is 0 Å². The summed E-state index contributed by atoms with van der Waals surface area (Å²) in [6.07, 6.45) is 5.92. The van der Waals surface area contributed by atoms with E-state index >= 15 is 0 Å². The van der Waals surface area contributed by atoms with Gasteiger partial charge in [0.25, 0.3) is 5.91 Å². The molecule has 178 valence electrons. The summed E-state index contributed by atoms with van der Waals surface area (Å²) >= 11 is 0. The van der Waals surface area contributed by atoms with Crippen LogP contribution in [-0.2, 0) is 12.8 Å². The number of carbonyl (C=O) groups excluding carboxylic acids is 1. The molecule has 1 amide bonds. The fourth-order valence-electron chi connectivity index (χ4n) is 4.43. The van der Waals surface area contributed by atoms with Gasteiger partial charge in [-0.25, -0.2) is 13.8 Å². The van der Waals surface area contributed by atoms with Crippen LogP contribution >= 0.6 is 0 Å². The van der Waals surface area contributed by atoms with Crippen LogP contribution in [-0.4, -0.2) is 33.9 Å². The Balaban J connectivity index is 1.22. The van der Waals surface area contributed by atoms with Crippen LogP contribution < -0.4 is 0 Å². The monoisotopic (exact) mass is 473 g/mol. The van der Waals surface area contributed by atoms with E-state index in [2.05, 4.69) is 9.97 Å². The highest BCUT2D eigenvalue weighted by atomic mass is 19.1. The summed E-state index contributed by atoms with van der Waals surface area (Å²) in [4.78, 5) is 23.8. The van der Waals surface area contributed by atoms with Crippen LogP contribution in [0, 0.1) is 11.6 Å². The Kier molecular flexibility index (Phi) is 6.66. The van der Waals surface area contributed by atoms with Crippen molar-refractivity contribution in [3.8, 4) is 0 Å². The lowest BCUT2D eigenvalue weighted by Gasteiger charge is -2.31. The van der Waals surface area contributed by atoms with Gasteiger partial charge in [-0.05, 0) is 54.3 Å². The van der Waals surface area contributed by atoms with Crippen molar-refractivity contribution in [2.24, 2.45) is 0 Å². The molecule has 0 N–H and O–H groups in total. The molecule has 0 spiro atoms. The molecule has 35 heavy (non-hydrogen) atoms. The van der Waals surface area contributed by atoms with E-state index in [1.165, 1.54) is 18.2 Å². The molecule has 2 aromatic carbocycles. The van der Waals surface area contributed by atoms with E-state index < -0.39 is 0 Å². The van der Waals surface area contributed by atoms with Crippen molar-refractivity contribution >= 4 is 5.91 Å². The van der Waals surface area contributed by atoms with Crippen molar-refractivity contribution in [3.63, 3.8) is 0 Å². The fourth-order valence-corrected chi connectivity index (χ4v) is 4.43. The molecule has 7 heteroatoms. The maximum Gasteiger partial charge on any atom is 0.255 e. The third-order valence-electron chi connectivity index (χ3n) is 6.32. The number of benzene rings is 2. The molecule has 2 aromatic heterocycles. The van der Waals surface area contributed by atoms with E-state index in [0.29, 0.717) is 54.4 Å². The van der Waals surface area contributed by atoms with Gasteiger partial charge in [-0.1, -0.05) is 30.3 Å². The van der Waals surface area contributed by atoms with Crippen LogP contribution in [0.1, 0.15) is 57.6 Å². The smallest absolute Gasteiger partial charge is 0.255 e. The number of likely N-dealkylation sites (tertiary alicyclic amines) is 1. The minimum Gasteiger partial charge on any atom is -0.445 e. The maximum absolute atomic E-state index is 13.9. The largest absolute Gasteiger partial charge is 0.445 e. The molecule has 0 radical (unpaired) electrons. The Morgan fingerprint density at radius 2 is 1.80 bits per heavy atom. The molecule has 5 nitrogen and oxygen atoms in total. The minimum absolute atomic E-state index is 0.0166. The average molecular weight is 474 g/mol. The number of carbonyl (C=O) groups is 1. The quantitative estimate of drug-likeness (QED) is 0.369. The number of hydrogen-bond acceptors (Lipinski definition) is 4. The summed E-state index contributed by atoms with van der Waals surface area (Å²) in [6.45, 7) is 1.18. The number of pyridine rings is 1. The molecule has 1 saturated heterocycles. The molecular weight excluding hydrogens is 448 g/mol. The Morgan fingerprint density at radius 3 is 2.57 bits per heavy atom. The van der Waals surface area contributed by atoms with E-state index in [1.807, 2.05) is 4.90 Å². The molecule has 1 fully saturated rings. The zero-order valence-electron chi connectivity index (χ0n) is 19.2. The van der Waals surface area contributed by atoms with Gasteiger partial charge < -0.3 is 9.32 Å². The van der Waals surface area contributed by atoms with Crippen LogP contribution in [0.3, 0.4) is 0 Å². The van der Waals surface area contributed by atoms with Crippen LogP contribution in [0.2, 0.25) is 0 Å². The number of rotatable bonds is 6. The van der Waals surface area contributed by atoms with E-state index in [0.717, 1.165) is 18.4 Å². The first-order chi connectivity index (χ1) is 17.0. The highest BCUT2D eigenvalue weighted by molar-refractivity contribution is 5.94. The number of amides is 1. The van der Waals surface area contributed by atoms with E-state index in [9.17, 15) is 13.6 Å². The summed E-state index contributed by atoms with van der Waals surface area (Å²) in [5.74, 6) is 0.735. The fraction of sp³-hybridized carbons (Fsp3) is 0.250. The number of oxazole rings is 1. The van der Waals surface area contributed by atoms with Crippen LogP contribution in [0.25, 0.3) is 0 Å². The normalized spacial score (nSPS) is 15.8. The Bertz CT molecular complexity index is 1300. The van der Waals surface area contributed by atoms with E-state index in [-0.39, 0.29) is 23.5 Å². The van der Waals surface area contributed by atoms with E-state index in [4.69, 9.17) is 4.42 Å². The number of piperidine rings is 1. The molecule has 0 aliphatic carbocycles. The second kappa shape index (κ2) is 10.2. The minimum atomic E-state index is -0.270. The van der Waals surface area contributed by atoms with Crippen LogP contribution in [0.15, 0.2) is 77.5 Å². The van der Waals surface area contributed by atoms with Gasteiger partial charge >= 0.3 is 0 Å². The molecule has 1 unspecified atom stereocenters. The van der Waals surface area contributed by atoms with Crippen LogP contribution in [0.5, 0.6) is 0 Å². The van der Waals surface area contributed by atoms with Crippen molar-refractivity contribution in [1.82, 2.24) is 14.9 Å². The van der Waals surface area contributed by atoms with Gasteiger partial charge in [0, 0.05) is 37.8 Å². The third kappa shape index (κ3) is 5.45. The molecular formula is C28H25F2N3O2. The van der Waals surface area contributed by atoms with Crippen molar-refractivity contribution in [1.29, 1.82) is 0 Å². The van der Waals surface area contributed by atoms with Crippen molar-refractivity contribution < 1.29 is 18.0 Å². The second-order valence-electron chi connectivity index (χ2n) is 8.86. The molecule has 3 heterocycles. The first-order valence-corrected chi connectivity index (χ1v) is 11.7. The topological polar surface area (TPSA) is 59.2 Å². The lowest BCUT2D eigenvalue weighted by atomic mass is 9.97. The predicted octanol–water partition coefficient (Wildman–Crippen LogP) is 5.55. The number of nitrogens with zero attached hydrogens (tertiary/aromatic N) is 3. The molecule has 1 aliphatic rings. The molecule has 0 saturated carbocycles. The highest BCUT2D eigenvalue weighted by Crippen LogP contribution is 2.28. The van der Waals surface area contributed by atoms with E-state index in [1.54, 1.807) is 54.9 Å². The van der Waals surface area contributed by atoms with Crippen molar-refractivity contribution in [3.05, 3.63) is 119 Å². The number of halogens is 2. The van der Waals surface area contributed by atoms with Gasteiger partial charge in [0.15, 0.2) is 5.89 Å². The Morgan fingerprint density at radius 1 is 0.971 bits per heavy atom. The van der Waals surface area contributed by atoms with Crippen molar-refractivity contribution in [2.75, 3.05) is 13.1 Å². The summed E-state index contributed by atoms with van der Waals surface area (Å²) in [5.41, 5.74) is 2.73. The molecule has 5 rings (SSSR count). The molecule has 4 aromatic rings. The molecule has 1 aliphatic heterocycles. The van der Waals surface area contributed by atoms with Gasteiger partial charge in [-0.3, -0.25) is 9.78 Å². The van der Waals surface area contributed by atoms with Crippen LogP contribution in [0.4, 0.5) is 8.78 Å². The standard InChI is InChI=1S/C28H25F2N3O2/c29-23-10-7-19(8-11-23)14-25-17-32-27(35-25)22-5-3-13-33(18-22)28(34)21-9-12-24(31-16-21)15-20-4-1-2-6-26(20)30/h1-2,4,6-12,16-17,22H,3,5,13-15,18H2. The van der Waals surface area contributed by atoms with Gasteiger partial charge in [-0.15, -0.1) is 0 Å².